The largest absolute Gasteiger partial charge is 0.314 e. The Bertz CT molecular complexity index is 366. The number of rotatable bonds is 7. The van der Waals surface area contributed by atoms with E-state index in [1.807, 2.05) is 6.07 Å². The van der Waals surface area contributed by atoms with Crippen molar-refractivity contribution in [2.24, 2.45) is 5.92 Å². The Morgan fingerprint density at radius 3 is 2.67 bits per heavy atom. The minimum absolute atomic E-state index is 0.171. The van der Waals surface area contributed by atoms with Crippen LogP contribution in [0.25, 0.3) is 0 Å². The number of aryl methyl sites for hydroxylation is 1. The van der Waals surface area contributed by atoms with Crippen LogP contribution >= 0.6 is 15.9 Å². The van der Waals surface area contributed by atoms with E-state index in [0.29, 0.717) is 16.4 Å². The Morgan fingerprint density at radius 1 is 1.33 bits per heavy atom. The van der Waals surface area contributed by atoms with Crippen LogP contribution in [-0.4, -0.2) is 12.6 Å². The van der Waals surface area contributed by atoms with Crippen molar-refractivity contribution in [3.05, 3.63) is 34.1 Å². The van der Waals surface area contributed by atoms with Gasteiger partial charge in [-0.15, -0.1) is 0 Å². The highest BCUT2D eigenvalue weighted by Gasteiger charge is 2.13. The molecule has 1 atom stereocenters. The summed E-state index contributed by atoms with van der Waals surface area (Å²) < 4.78 is 14.0. The second kappa shape index (κ2) is 7.90. The van der Waals surface area contributed by atoms with Gasteiger partial charge < -0.3 is 5.32 Å². The van der Waals surface area contributed by atoms with Crippen molar-refractivity contribution >= 4 is 15.9 Å². The lowest BCUT2D eigenvalue weighted by atomic mass is 9.96. The summed E-state index contributed by atoms with van der Waals surface area (Å²) in [5.41, 5.74) is 1.05. The van der Waals surface area contributed by atoms with Gasteiger partial charge >= 0.3 is 0 Å². The van der Waals surface area contributed by atoms with Crippen molar-refractivity contribution in [3.63, 3.8) is 0 Å². The molecule has 0 radical (unpaired) electrons. The van der Waals surface area contributed by atoms with Crippen molar-refractivity contribution in [2.75, 3.05) is 6.54 Å². The van der Waals surface area contributed by atoms with E-state index in [4.69, 9.17) is 0 Å². The van der Waals surface area contributed by atoms with Gasteiger partial charge in [-0.05, 0) is 59.3 Å². The van der Waals surface area contributed by atoms with Crippen LogP contribution in [0.3, 0.4) is 0 Å². The topological polar surface area (TPSA) is 12.0 Å². The molecule has 0 fully saturated rings. The molecular weight excluding hydrogens is 293 g/mol. The second-order valence-corrected chi connectivity index (χ2v) is 5.85. The van der Waals surface area contributed by atoms with Crippen LogP contribution in [0.4, 0.5) is 4.39 Å². The molecule has 1 nitrogen and oxygen atoms in total. The maximum atomic E-state index is 13.4. The quantitative estimate of drug-likeness (QED) is 0.778. The smallest absolute Gasteiger partial charge is 0.137 e. The average molecular weight is 316 g/mol. The lowest BCUT2D eigenvalue weighted by Crippen LogP contribution is -2.34. The molecule has 3 heteroatoms. The summed E-state index contributed by atoms with van der Waals surface area (Å²) >= 11 is 3.32. The Kier molecular flexibility index (Phi) is 6.87. The summed E-state index contributed by atoms with van der Waals surface area (Å²) in [6.45, 7) is 7.68. The molecule has 0 aliphatic rings. The van der Waals surface area contributed by atoms with Gasteiger partial charge in [0, 0.05) is 6.04 Å². The lowest BCUT2D eigenvalue weighted by molar-refractivity contribution is 0.378. The zero-order chi connectivity index (χ0) is 13.5. The molecular formula is C15H23BrFN. The zero-order valence-electron chi connectivity index (χ0n) is 11.5. The normalized spacial score (nSPS) is 13.0. The van der Waals surface area contributed by atoms with Crippen LogP contribution in [0, 0.1) is 11.7 Å². The fourth-order valence-electron chi connectivity index (χ4n) is 2.05. The van der Waals surface area contributed by atoms with Crippen LogP contribution in [0.2, 0.25) is 0 Å². The van der Waals surface area contributed by atoms with Gasteiger partial charge in [0.2, 0.25) is 0 Å². The van der Waals surface area contributed by atoms with Gasteiger partial charge in [-0.25, -0.2) is 4.39 Å². The summed E-state index contributed by atoms with van der Waals surface area (Å²) in [7, 11) is 0. The first-order chi connectivity index (χ1) is 8.56. The zero-order valence-corrected chi connectivity index (χ0v) is 13.1. The van der Waals surface area contributed by atoms with Gasteiger partial charge in [-0.1, -0.05) is 32.9 Å². The molecule has 0 aliphatic carbocycles. The second-order valence-electron chi connectivity index (χ2n) is 5.06. The number of halogens is 2. The minimum atomic E-state index is -0.171. The number of hydrogen-bond acceptors (Lipinski definition) is 1. The number of benzene rings is 1. The van der Waals surface area contributed by atoms with E-state index < -0.39 is 0 Å². The molecule has 0 spiro atoms. The summed E-state index contributed by atoms with van der Waals surface area (Å²) in [5, 5.41) is 3.56. The summed E-state index contributed by atoms with van der Waals surface area (Å²) in [5.74, 6) is 0.430. The van der Waals surface area contributed by atoms with Crippen LogP contribution in [-0.2, 0) is 6.42 Å². The molecule has 0 bridgehead atoms. The SMILES string of the molecule is CCCNC(CCc1cccc(F)c1Br)C(C)C. The molecule has 0 heterocycles. The van der Waals surface area contributed by atoms with Crippen molar-refractivity contribution < 1.29 is 4.39 Å². The maximum absolute atomic E-state index is 13.4. The summed E-state index contributed by atoms with van der Waals surface area (Å²) in [6.07, 6.45) is 3.09. The molecule has 102 valence electrons. The highest BCUT2D eigenvalue weighted by molar-refractivity contribution is 9.10. The maximum Gasteiger partial charge on any atom is 0.137 e. The third kappa shape index (κ3) is 4.69. The molecule has 0 aliphatic heterocycles. The molecule has 0 aromatic heterocycles. The first-order valence-corrected chi connectivity index (χ1v) is 7.51. The van der Waals surface area contributed by atoms with Crippen LogP contribution in [0.15, 0.2) is 22.7 Å². The van der Waals surface area contributed by atoms with Gasteiger partial charge in [0.1, 0.15) is 5.82 Å². The van der Waals surface area contributed by atoms with E-state index in [0.717, 1.165) is 31.4 Å². The highest BCUT2D eigenvalue weighted by Crippen LogP contribution is 2.22. The first-order valence-electron chi connectivity index (χ1n) is 6.72. The Morgan fingerprint density at radius 2 is 2.06 bits per heavy atom. The predicted octanol–water partition coefficient (Wildman–Crippen LogP) is 4.55. The first kappa shape index (κ1) is 15.6. The standard InChI is InChI=1S/C15H23BrFN/c1-4-10-18-14(11(2)3)9-8-12-6-5-7-13(17)15(12)16/h5-7,11,14,18H,4,8-10H2,1-3H3. The molecule has 0 saturated carbocycles. The fraction of sp³-hybridized carbons (Fsp3) is 0.600. The average Bonchev–Trinajstić information content (AvgIpc) is 2.33. The summed E-state index contributed by atoms with van der Waals surface area (Å²) in [6, 6.07) is 5.76. The Balaban J connectivity index is 2.58. The molecule has 18 heavy (non-hydrogen) atoms. The Labute approximate surface area is 118 Å². The third-order valence-electron chi connectivity index (χ3n) is 3.22. The molecule has 0 amide bonds. The van der Waals surface area contributed by atoms with Crippen molar-refractivity contribution in [1.29, 1.82) is 0 Å². The lowest BCUT2D eigenvalue weighted by Gasteiger charge is -2.22. The Hall–Kier alpha value is -0.410. The third-order valence-corrected chi connectivity index (χ3v) is 4.11. The van der Waals surface area contributed by atoms with Gasteiger partial charge in [-0.3, -0.25) is 0 Å². The number of hydrogen-bond donors (Lipinski definition) is 1. The predicted molar refractivity (Wildman–Crippen MR) is 79.3 cm³/mol. The van der Waals surface area contributed by atoms with Gasteiger partial charge in [0.25, 0.3) is 0 Å². The molecule has 1 N–H and O–H groups in total. The highest BCUT2D eigenvalue weighted by atomic mass is 79.9. The van der Waals surface area contributed by atoms with Gasteiger partial charge in [0.15, 0.2) is 0 Å². The van der Waals surface area contributed by atoms with Crippen molar-refractivity contribution in [3.8, 4) is 0 Å². The molecule has 1 aromatic carbocycles. The van der Waals surface area contributed by atoms with E-state index in [2.05, 4.69) is 42.0 Å². The van der Waals surface area contributed by atoms with E-state index in [9.17, 15) is 4.39 Å². The van der Waals surface area contributed by atoms with Crippen molar-refractivity contribution in [1.82, 2.24) is 5.32 Å². The van der Waals surface area contributed by atoms with Gasteiger partial charge in [-0.2, -0.15) is 0 Å². The minimum Gasteiger partial charge on any atom is -0.314 e. The molecule has 1 aromatic rings. The monoisotopic (exact) mass is 315 g/mol. The van der Waals surface area contributed by atoms with E-state index in [1.54, 1.807) is 6.07 Å². The number of nitrogens with one attached hydrogen (secondary N) is 1. The fourth-order valence-corrected chi connectivity index (χ4v) is 2.52. The van der Waals surface area contributed by atoms with Crippen LogP contribution in [0.1, 0.15) is 39.2 Å². The van der Waals surface area contributed by atoms with Crippen LogP contribution < -0.4 is 5.32 Å². The van der Waals surface area contributed by atoms with E-state index >= 15 is 0 Å². The van der Waals surface area contributed by atoms with Crippen LogP contribution in [0.5, 0.6) is 0 Å². The molecule has 1 unspecified atom stereocenters. The molecule has 0 saturated heterocycles. The van der Waals surface area contributed by atoms with Gasteiger partial charge in [0.05, 0.1) is 4.47 Å². The molecule has 1 rings (SSSR count). The van der Waals surface area contributed by atoms with Crippen molar-refractivity contribution in [2.45, 2.75) is 46.1 Å². The summed E-state index contributed by atoms with van der Waals surface area (Å²) in [4.78, 5) is 0. The van der Waals surface area contributed by atoms with E-state index in [1.165, 1.54) is 6.07 Å². The van der Waals surface area contributed by atoms with E-state index in [-0.39, 0.29) is 5.82 Å².